The maximum atomic E-state index is 12.2. The largest absolute Gasteiger partial charge is 0.494 e. The quantitative estimate of drug-likeness (QED) is 0.492. The van der Waals surface area contributed by atoms with Crippen molar-refractivity contribution in [2.45, 2.75) is 46.5 Å². The lowest BCUT2D eigenvalue weighted by Gasteiger charge is -2.15. The number of rotatable bonds is 9. The maximum Gasteiger partial charge on any atom is 0.276 e. The van der Waals surface area contributed by atoms with E-state index < -0.39 is 11.8 Å². The summed E-state index contributed by atoms with van der Waals surface area (Å²) in [7, 11) is 0. The van der Waals surface area contributed by atoms with Crippen molar-refractivity contribution in [2.75, 3.05) is 13.2 Å². The summed E-state index contributed by atoms with van der Waals surface area (Å²) in [6.07, 6.45) is 2.05. The molecule has 0 atom stereocenters. The number of unbranched alkanes of at least 4 members (excludes halogenated alkanes) is 1. The minimum atomic E-state index is -0.436. The molecule has 6 heteroatoms. The molecule has 0 aliphatic carbocycles. The minimum Gasteiger partial charge on any atom is -0.494 e. The Morgan fingerprint density at radius 2 is 1.72 bits per heavy atom. The molecule has 0 bridgehead atoms. The van der Waals surface area contributed by atoms with Gasteiger partial charge >= 0.3 is 0 Å². The lowest BCUT2D eigenvalue weighted by molar-refractivity contribution is -0.123. The van der Waals surface area contributed by atoms with Crippen LogP contribution in [0, 0.1) is 6.92 Å². The van der Waals surface area contributed by atoms with Gasteiger partial charge in [0.15, 0.2) is 6.61 Å². The van der Waals surface area contributed by atoms with Gasteiger partial charge in [0.1, 0.15) is 11.5 Å². The molecule has 6 nitrogen and oxygen atoms in total. The zero-order valence-electron chi connectivity index (χ0n) is 17.6. The Bertz CT molecular complexity index is 816. The van der Waals surface area contributed by atoms with E-state index in [1.807, 2.05) is 25.1 Å². The van der Waals surface area contributed by atoms with E-state index in [0.29, 0.717) is 23.7 Å². The van der Waals surface area contributed by atoms with E-state index in [-0.39, 0.29) is 12.5 Å². The molecule has 0 unspecified atom stereocenters. The molecule has 0 aliphatic rings. The average molecular weight is 399 g/mol. The standard InChI is InChI=1S/C23H30N2O4/c1-5-6-13-28-19-10-8-18(9-11-19)23(27)25-24-22(26)15-29-21-14-17(4)7-12-20(21)16(2)3/h7-12,14,16H,5-6,13,15H2,1-4H3,(H,24,26)(H,25,27). The summed E-state index contributed by atoms with van der Waals surface area (Å²) < 4.78 is 11.2. The molecule has 2 amide bonds. The second-order valence-electron chi connectivity index (χ2n) is 7.21. The number of nitrogens with one attached hydrogen (secondary N) is 2. The smallest absolute Gasteiger partial charge is 0.276 e. The van der Waals surface area contributed by atoms with Crippen molar-refractivity contribution in [3.05, 3.63) is 59.2 Å². The van der Waals surface area contributed by atoms with Gasteiger partial charge in [0.2, 0.25) is 0 Å². The number of hydrogen-bond donors (Lipinski definition) is 2. The van der Waals surface area contributed by atoms with Crippen molar-refractivity contribution < 1.29 is 19.1 Å². The van der Waals surface area contributed by atoms with Gasteiger partial charge in [0, 0.05) is 5.56 Å². The lowest BCUT2D eigenvalue weighted by Crippen LogP contribution is -2.43. The van der Waals surface area contributed by atoms with Crippen LogP contribution < -0.4 is 20.3 Å². The maximum absolute atomic E-state index is 12.2. The number of carbonyl (C=O) groups excluding carboxylic acids is 2. The summed E-state index contributed by atoms with van der Waals surface area (Å²) in [5, 5.41) is 0. The van der Waals surface area contributed by atoms with Crippen LogP contribution in [0.2, 0.25) is 0 Å². The van der Waals surface area contributed by atoms with Gasteiger partial charge in [0.25, 0.3) is 11.8 Å². The summed E-state index contributed by atoms with van der Waals surface area (Å²) in [5.41, 5.74) is 7.29. The Labute approximate surface area is 172 Å². The Kier molecular flexibility index (Phi) is 8.52. The fraction of sp³-hybridized carbons (Fsp3) is 0.391. The Morgan fingerprint density at radius 1 is 1.00 bits per heavy atom. The van der Waals surface area contributed by atoms with Gasteiger partial charge in [-0.2, -0.15) is 0 Å². The third-order valence-corrected chi connectivity index (χ3v) is 4.35. The molecular formula is C23H30N2O4. The van der Waals surface area contributed by atoms with Crippen molar-refractivity contribution in [1.29, 1.82) is 0 Å². The highest BCUT2D eigenvalue weighted by Gasteiger charge is 2.11. The molecule has 0 saturated heterocycles. The van der Waals surface area contributed by atoms with Crippen molar-refractivity contribution in [3.63, 3.8) is 0 Å². The highest BCUT2D eigenvalue weighted by atomic mass is 16.5. The molecule has 0 fully saturated rings. The minimum absolute atomic E-state index is 0.187. The molecule has 2 aromatic carbocycles. The second kappa shape index (κ2) is 11.1. The van der Waals surface area contributed by atoms with E-state index in [9.17, 15) is 9.59 Å². The van der Waals surface area contributed by atoms with E-state index in [4.69, 9.17) is 9.47 Å². The zero-order chi connectivity index (χ0) is 21.2. The molecule has 0 aromatic heterocycles. The molecule has 2 N–H and O–H groups in total. The van der Waals surface area contributed by atoms with Gasteiger partial charge in [0.05, 0.1) is 6.61 Å². The fourth-order valence-electron chi connectivity index (χ4n) is 2.66. The summed E-state index contributed by atoms with van der Waals surface area (Å²) in [6, 6.07) is 12.7. The summed E-state index contributed by atoms with van der Waals surface area (Å²) in [5.74, 6) is 0.833. The predicted molar refractivity (Wildman–Crippen MR) is 113 cm³/mol. The summed E-state index contributed by atoms with van der Waals surface area (Å²) in [4.78, 5) is 24.2. The molecule has 0 spiro atoms. The third-order valence-electron chi connectivity index (χ3n) is 4.35. The number of carbonyl (C=O) groups is 2. The first-order valence-electron chi connectivity index (χ1n) is 9.96. The molecule has 156 valence electrons. The van der Waals surface area contributed by atoms with Crippen molar-refractivity contribution in [3.8, 4) is 11.5 Å². The first kappa shape index (κ1) is 22.3. The highest BCUT2D eigenvalue weighted by molar-refractivity contribution is 5.95. The number of aryl methyl sites for hydroxylation is 1. The predicted octanol–water partition coefficient (Wildman–Crippen LogP) is 4.14. The molecule has 0 heterocycles. The second-order valence-corrected chi connectivity index (χ2v) is 7.21. The average Bonchev–Trinajstić information content (AvgIpc) is 2.71. The van der Waals surface area contributed by atoms with Crippen LogP contribution in [0.5, 0.6) is 11.5 Å². The molecule has 2 rings (SSSR count). The van der Waals surface area contributed by atoms with Crippen molar-refractivity contribution >= 4 is 11.8 Å². The van der Waals surface area contributed by atoms with Crippen LogP contribution in [0.15, 0.2) is 42.5 Å². The number of hydrazine groups is 1. The van der Waals surface area contributed by atoms with Gasteiger partial charge in [-0.1, -0.05) is 39.3 Å². The topological polar surface area (TPSA) is 76.7 Å². The van der Waals surface area contributed by atoms with Crippen LogP contribution >= 0.6 is 0 Å². The number of benzene rings is 2. The first-order valence-corrected chi connectivity index (χ1v) is 9.96. The SMILES string of the molecule is CCCCOc1ccc(C(=O)NNC(=O)COc2cc(C)ccc2C(C)C)cc1. The molecule has 0 aliphatic heterocycles. The lowest BCUT2D eigenvalue weighted by atomic mass is 10.0. The summed E-state index contributed by atoms with van der Waals surface area (Å²) >= 11 is 0. The zero-order valence-corrected chi connectivity index (χ0v) is 17.6. The van der Waals surface area contributed by atoms with E-state index >= 15 is 0 Å². The van der Waals surface area contributed by atoms with E-state index in [1.165, 1.54) is 0 Å². The van der Waals surface area contributed by atoms with Gasteiger partial charge in [-0.05, 0) is 60.7 Å². The van der Waals surface area contributed by atoms with Gasteiger partial charge in [-0.15, -0.1) is 0 Å². The van der Waals surface area contributed by atoms with Crippen molar-refractivity contribution in [2.24, 2.45) is 0 Å². The Balaban J connectivity index is 1.82. The number of ether oxygens (including phenoxy) is 2. The van der Waals surface area contributed by atoms with Crippen LogP contribution in [-0.2, 0) is 4.79 Å². The fourth-order valence-corrected chi connectivity index (χ4v) is 2.66. The monoisotopic (exact) mass is 398 g/mol. The number of hydrogen-bond acceptors (Lipinski definition) is 4. The van der Waals surface area contributed by atoms with Crippen molar-refractivity contribution in [1.82, 2.24) is 10.9 Å². The Morgan fingerprint density at radius 3 is 2.38 bits per heavy atom. The molecular weight excluding hydrogens is 368 g/mol. The third kappa shape index (κ3) is 7.14. The highest BCUT2D eigenvalue weighted by Crippen LogP contribution is 2.27. The molecule has 0 saturated carbocycles. The van der Waals surface area contributed by atoms with E-state index in [0.717, 1.165) is 24.0 Å². The van der Waals surface area contributed by atoms with Crippen LogP contribution in [0.25, 0.3) is 0 Å². The normalized spacial score (nSPS) is 10.5. The summed E-state index contributed by atoms with van der Waals surface area (Å²) in [6.45, 7) is 8.67. The van der Waals surface area contributed by atoms with Gasteiger partial charge in [-0.25, -0.2) is 0 Å². The first-order chi connectivity index (χ1) is 13.9. The molecule has 29 heavy (non-hydrogen) atoms. The van der Waals surface area contributed by atoms with Gasteiger partial charge < -0.3 is 9.47 Å². The van der Waals surface area contributed by atoms with E-state index in [1.54, 1.807) is 24.3 Å². The van der Waals surface area contributed by atoms with Crippen LogP contribution in [0.3, 0.4) is 0 Å². The van der Waals surface area contributed by atoms with Crippen LogP contribution in [0.1, 0.15) is 61.0 Å². The molecule has 2 aromatic rings. The van der Waals surface area contributed by atoms with Gasteiger partial charge in [-0.3, -0.25) is 20.4 Å². The van der Waals surface area contributed by atoms with Crippen LogP contribution in [0.4, 0.5) is 0 Å². The van der Waals surface area contributed by atoms with Crippen LogP contribution in [-0.4, -0.2) is 25.0 Å². The van der Waals surface area contributed by atoms with E-state index in [2.05, 4.69) is 31.6 Å². The Hall–Kier alpha value is -3.02. The number of amides is 2. The molecule has 0 radical (unpaired) electrons.